The third-order valence-corrected chi connectivity index (χ3v) is 3.28. The topological polar surface area (TPSA) is 51.2 Å². The highest BCUT2D eigenvalue weighted by atomic mass is 79.9. The van der Waals surface area contributed by atoms with Gasteiger partial charge in [-0.05, 0) is 60.1 Å². The second-order valence-electron chi connectivity index (χ2n) is 4.63. The van der Waals surface area contributed by atoms with E-state index in [1.165, 1.54) is 0 Å². The van der Waals surface area contributed by atoms with Gasteiger partial charge in [-0.25, -0.2) is 4.98 Å². The van der Waals surface area contributed by atoms with Gasteiger partial charge in [0.15, 0.2) is 0 Å². The minimum absolute atomic E-state index is 0.0370. The van der Waals surface area contributed by atoms with Gasteiger partial charge in [0.1, 0.15) is 11.4 Å². The van der Waals surface area contributed by atoms with Gasteiger partial charge >= 0.3 is 0 Å². The largest absolute Gasteiger partial charge is 0.489 e. The molecule has 0 radical (unpaired) electrons. The molecule has 0 aliphatic carbocycles. The third-order valence-electron chi connectivity index (χ3n) is 2.51. The smallest absolute Gasteiger partial charge is 0.274 e. The van der Waals surface area contributed by atoms with Crippen LogP contribution in [-0.4, -0.2) is 17.0 Å². The number of halogens is 2. The van der Waals surface area contributed by atoms with Gasteiger partial charge in [-0.15, -0.1) is 0 Å². The summed E-state index contributed by atoms with van der Waals surface area (Å²) in [6.07, 6.45) is 1.61. The Labute approximate surface area is 136 Å². The van der Waals surface area contributed by atoms with E-state index in [0.717, 1.165) is 4.47 Å². The molecule has 110 valence electrons. The van der Waals surface area contributed by atoms with Crippen LogP contribution in [0.15, 0.2) is 41.0 Å². The number of hydrogen-bond donors (Lipinski definition) is 1. The summed E-state index contributed by atoms with van der Waals surface area (Å²) in [5.41, 5.74) is 0.919. The van der Waals surface area contributed by atoms with E-state index >= 15 is 0 Å². The summed E-state index contributed by atoms with van der Waals surface area (Å²) in [5, 5.41) is 3.19. The van der Waals surface area contributed by atoms with Crippen molar-refractivity contribution in [3.8, 4) is 5.75 Å². The second kappa shape index (κ2) is 6.91. The van der Waals surface area contributed by atoms with Crippen molar-refractivity contribution in [2.24, 2.45) is 0 Å². The predicted octanol–water partition coefficient (Wildman–Crippen LogP) is 4.54. The average molecular weight is 370 g/mol. The summed E-state index contributed by atoms with van der Waals surface area (Å²) >= 11 is 9.40. The van der Waals surface area contributed by atoms with Crippen molar-refractivity contribution in [2.75, 3.05) is 5.32 Å². The van der Waals surface area contributed by atoms with E-state index in [4.69, 9.17) is 16.3 Å². The molecule has 0 bridgehead atoms. The van der Waals surface area contributed by atoms with E-state index in [-0.39, 0.29) is 12.0 Å². The number of ether oxygens (including phenoxy) is 1. The summed E-state index contributed by atoms with van der Waals surface area (Å²) in [4.78, 5) is 16.1. The molecular weight excluding hydrogens is 356 g/mol. The van der Waals surface area contributed by atoms with Crippen molar-refractivity contribution in [3.05, 3.63) is 51.7 Å². The number of carbonyl (C=O) groups is 1. The fourth-order valence-corrected chi connectivity index (χ4v) is 2.09. The molecule has 2 aromatic rings. The van der Waals surface area contributed by atoms with Crippen molar-refractivity contribution in [1.29, 1.82) is 0 Å². The van der Waals surface area contributed by atoms with Crippen molar-refractivity contribution in [2.45, 2.75) is 20.0 Å². The van der Waals surface area contributed by atoms with E-state index in [0.29, 0.717) is 22.2 Å². The van der Waals surface area contributed by atoms with E-state index in [1.54, 1.807) is 36.5 Å². The Kier molecular flexibility index (Phi) is 5.20. The van der Waals surface area contributed by atoms with E-state index in [9.17, 15) is 4.79 Å². The van der Waals surface area contributed by atoms with Crippen LogP contribution in [0.4, 0.5) is 5.69 Å². The third kappa shape index (κ3) is 4.44. The Bertz CT molecular complexity index is 645. The Balaban J connectivity index is 2.11. The first-order chi connectivity index (χ1) is 9.95. The fourth-order valence-electron chi connectivity index (χ4n) is 1.63. The van der Waals surface area contributed by atoms with Gasteiger partial charge in [0, 0.05) is 16.4 Å². The van der Waals surface area contributed by atoms with E-state index < -0.39 is 0 Å². The van der Waals surface area contributed by atoms with Crippen molar-refractivity contribution < 1.29 is 9.53 Å². The van der Waals surface area contributed by atoms with Crippen LogP contribution in [0, 0.1) is 0 Å². The lowest BCUT2D eigenvalue weighted by Gasteiger charge is -2.12. The molecule has 2 rings (SSSR count). The normalized spacial score (nSPS) is 10.5. The van der Waals surface area contributed by atoms with Gasteiger partial charge in [-0.3, -0.25) is 4.79 Å². The molecule has 21 heavy (non-hydrogen) atoms. The highest BCUT2D eigenvalue weighted by Gasteiger charge is 2.10. The number of nitrogens with one attached hydrogen (secondary N) is 1. The van der Waals surface area contributed by atoms with Crippen LogP contribution in [0.1, 0.15) is 24.3 Å². The molecule has 0 aliphatic rings. The second-order valence-corrected chi connectivity index (χ2v) is 5.95. The fraction of sp³-hybridized carbons (Fsp3) is 0.200. The van der Waals surface area contributed by atoms with Crippen molar-refractivity contribution >= 4 is 39.1 Å². The molecule has 0 fully saturated rings. The number of amides is 1. The van der Waals surface area contributed by atoms with Crippen LogP contribution in [0.2, 0.25) is 5.02 Å². The number of anilines is 1. The van der Waals surface area contributed by atoms with Crippen LogP contribution in [0.25, 0.3) is 0 Å². The summed E-state index contributed by atoms with van der Waals surface area (Å²) in [5.74, 6) is 0.294. The Hall–Kier alpha value is -1.59. The molecule has 4 nitrogen and oxygen atoms in total. The molecule has 1 aromatic heterocycles. The van der Waals surface area contributed by atoms with Gasteiger partial charge in [-0.2, -0.15) is 0 Å². The van der Waals surface area contributed by atoms with Crippen LogP contribution in [0.5, 0.6) is 5.75 Å². The van der Waals surface area contributed by atoms with Gasteiger partial charge in [0.05, 0.1) is 11.1 Å². The maximum Gasteiger partial charge on any atom is 0.274 e. The van der Waals surface area contributed by atoms with E-state index in [1.807, 2.05) is 13.8 Å². The number of nitrogens with zero attached hydrogens (tertiary/aromatic N) is 1. The molecule has 0 saturated heterocycles. The summed E-state index contributed by atoms with van der Waals surface area (Å²) < 4.78 is 6.36. The molecule has 1 heterocycles. The monoisotopic (exact) mass is 368 g/mol. The zero-order valence-electron chi connectivity index (χ0n) is 11.6. The number of hydrogen-bond acceptors (Lipinski definition) is 3. The van der Waals surface area contributed by atoms with Crippen LogP contribution >= 0.6 is 27.5 Å². The Morgan fingerprint density at radius 2 is 2.10 bits per heavy atom. The minimum atomic E-state index is -0.295. The number of carbonyl (C=O) groups excluding carboxylic acids is 1. The first-order valence-corrected chi connectivity index (χ1v) is 7.52. The average Bonchev–Trinajstić information content (AvgIpc) is 2.42. The van der Waals surface area contributed by atoms with E-state index in [2.05, 4.69) is 26.2 Å². The molecule has 1 N–H and O–H groups in total. The lowest BCUT2D eigenvalue weighted by molar-refractivity contribution is 0.102. The summed E-state index contributed by atoms with van der Waals surface area (Å²) in [7, 11) is 0. The lowest BCUT2D eigenvalue weighted by Crippen LogP contribution is -2.13. The molecule has 6 heteroatoms. The van der Waals surface area contributed by atoms with Crippen LogP contribution in [0.3, 0.4) is 0 Å². The van der Waals surface area contributed by atoms with Gasteiger partial charge in [0.25, 0.3) is 5.91 Å². The van der Waals surface area contributed by atoms with Crippen molar-refractivity contribution in [1.82, 2.24) is 4.98 Å². The molecule has 0 aliphatic heterocycles. The lowest BCUT2D eigenvalue weighted by atomic mass is 10.2. The number of benzene rings is 1. The van der Waals surface area contributed by atoms with Gasteiger partial charge in [-0.1, -0.05) is 11.6 Å². The SMILES string of the molecule is CC(C)Oc1ccc(NC(=O)c2ccc(Br)cn2)cc1Cl. The highest BCUT2D eigenvalue weighted by molar-refractivity contribution is 9.10. The Morgan fingerprint density at radius 1 is 1.33 bits per heavy atom. The zero-order valence-corrected chi connectivity index (χ0v) is 13.9. The standard InChI is InChI=1S/C15H14BrClN2O2/c1-9(2)21-14-6-4-11(7-12(14)17)19-15(20)13-5-3-10(16)8-18-13/h3-9H,1-2H3,(H,19,20). The maximum absolute atomic E-state index is 12.0. The number of rotatable bonds is 4. The van der Waals surface area contributed by atoms with Crippen LogP contribution < -0.4 is 10.1 Å². The minimum Gasteiger partial charge on any atom is -0.489 e. The van der Waals surface area contributed by atoms with Crippen molar-refractivity contribution in [3.63, 3.8) is 0 Å². The first-order valence-electron chi connectivity index (χ1n) is 6.35. The quantitative estimate of drug-likeness (QED) is 0.861. The molecule has 0 spiro atoms. The zero-order chi connectivity index (χ0) is 15.4. The molecule has 1 amide bonds. The summed E-state index contributed by atoms with van der Waals surface area (Å²) in [6.45, 7) is 3.84. The molecule has 0 saturated carbocycles. The van der Waals surface area contributed by atoms with Gasteiger partial charge < -0.3 is 10.1 Å². The highest BCUT2D eigenvalue weighted by Crippen LogP contribution is 2.28. The molecular formula is C15H14BrClN2O2. The predicted molar refractivity (Wildman–Crippen MR) is 87.1 cm³/mol. The number of aromatic nitrogens is 1. The molecule has 0 unspecified atom stereocenters. The molecule has 0 atom stereocenters. The summed E-state index contributed by atoms with van der Waals surface area (Å²) in [6, 6.07) is 8.51. The number of pyridine rings is 1. The Morgan fingerprint density at radius 3 is 2.67 bits per heavy atom. The first kappa shape index (κ1) is 15.8. The maximum atomic E-state index is 12.0. The van der Waals surface area contributed by atoms with Gasteiger partial charge in [0.2, 0.25) is 0 Å². The molecule has 1 aromatic carbocycles. The van der Waals surface area contributed by atoms with Crippen LogP contribution in [-0.2, 0) is 0 Å².